The fourth-order valence-electron chi connectivity index (χ4n) is 3.14. The molecule has 0 bridgehead atoms. The minimum absolute atomic E-state index is 0.190. The highest BCUT2D eigenvalue weighted by Gasteiger charge is 2.20. The molecule has 1 aliphatic heterocycles. The average molecular weight is 295 g/mol. The number of aromatic nitrogens is 2. The van der Waals surface area contributed by atoms with Crippen molar-refractivity contribution in [3.63, 3.8) is 0 Å². The molecule has 1 atom stereocenters. The molecule has 1 fully saturated rings. The third-order valence-electron chi connectivity index (χ3n) is 4.38. The summed E-state index contributed by atoms with van der Waals surface area (Å²) in [6.07, 6.45) is 1.11. The molecular formula is C18H18FN3. The normalized spacial score (nSPS) is 18.2. The van der Waals surface area contributed by atoms with Gasteiger partial charge in [-0.2, -0.15) is 0 Å². The van der Waals surface area contributed by atoms with Crippen LogP contribution in [0.3, 0.4) is 0 Å². The van der Waals surface area contributed by atoms with Crippen LogP contribution in [0.2, 0.25) is 0 Å². The Kier molecular flexibility index (Phi) is 3.19. The molecule has 2 heterocycles. The van der Waals surface area contributed by atoms with Crippen molar-refractivity contribution in [3.8, 4) is 11.1 Å². The monoisotopic (exact) mass is 295 g/mol. The van der Waals surface area contributed by atoms with Crippen LogP contribution in [-0.2, 0) is 0 Å². The molecule has 0 aliphatic carbocycles. The van der Waals surface area contributed by atoms with Gasteiger partial charge in [0.05, 0.1) is 11.0 Å². The lowest BCUT2D eigenvalue weighted by Gasteiger charge is -2.05. The lowest BCUT2D eigenvalue weighted by Crippen LogP contribution is -2.08. The lowest BCUT2D eigenvalue weighted by molar-refractivity contribution is 0.631. The Morgan fingerprint density at radius 1 is 1.18 bits per heavy atom. The van der Waals surface area contributed by atoms with Crippen LogP contribution in [0.25, 0.3) is 22.2 Å². The lowest BCUT2D eigenvalue weighted by atomic mass is 10.0. The zero-order valence-corrected chi connectivity index (χ0v) is 12.5. The minimum atomic E-state index is -0.190. The summed E-state index contributed by atoms with van der Waals surface area (Å²) in [5.74, 6) is 1.29. The summed E-state index contributed by atoms with van der Waals surface area (Å²) < 4.78 is 14.1. The molecule has 112 valence electrons. The van der Waals surface area contributed by atoms with Gasteiger partial charge >= 0.3 is 0 Å². The number of fused-ring (bicyclic) bond motifs is 1. The second kappa shape index (κ2) is 5.21. The molecule has 0 spiro atoms. The van der Waals surface area contributed by atoms with E-state index in [1.807, 2.05) is 31.2 Å². The summed E-state index contributed by atoms with van der Waals surface area (Å²) in [5, 5.41) is 3.36. The number of hydrogen-bond acceptors (Lipinski definition) is 2. The van der Waals surface area contributed by atoms with Gasteiger partial charge in [-0.3, -0.25) is 0 Å². The Labute approximate surface area is 128 Å². The highest BCUT2D eigenvalue weighted by Crippen LogP contribution is 2.28. The molecule has 0 amide bonds. The van der Waals surface area contributed by atoms with Gasteiger partial charge in [0.2, 0.25) is 0 Å². The van der Waals surface area contributed by atoms with Gasteiger partial charge in [-0.25, -0.2) is 9.37 Å². The Balaban J connectivity index is 1.78. The van der Waals surface area contributed by atoms with Gasteiger partial charge in [0.25, 0.3) is 0 Å². The topological polar surface area (TPSA) is 40.7 Å². The number of aromatic amines is 1. The first-order valence-electron chi connectivity index (χ1n) is 7.67. The standard InChI is InChI=1S/C18H18FN3/c1-11-2-4-15(19)14(8-11)12-3-5-16-17(9-12)22-18(21-16)13-6-7-20-10-13/h2-5,8-9,13,20H,6-7,10H2,1H3,(H,21,22). The summed E-state index contributed by atoms with van der Waals surface area (Å²) in [6.45, 7) is 3.99. The van der Waals surface area contributed by atoms with E-state index in [2.05, 4.69) is 15.3 Å². The maximum absolute atomic E-state index is 14.1. The molecule has 0 saturated carbocycles. The first-order chi connectivity index (χ1) is 10.7. The quantitative estimate of drug-likeness (QED) is 0.756. The molecule has 22 heavy (non-hydrogen) atoms. The Bertz CT molecular complexity index is 831. The first kappa shape index (κ1) is 13.5. The summed E-state index contributed by atoms with van der Waals surface area (Å²) in [6, 6.07) is 11.1. The number of rotatable bonds is 2. The highest BCUT2D eigenvalue weighted by molar-refractivity contribution is 5.82. The van der Waals surface area contributed by atoms with Crippen molar-refractivity contribution >= 4 is 11.0 Å². The first-order valence-corrected chi connectivity index (χ1v) is 7.67. The number of aryl methyl sites for hydroxylation is 1. The number of hydrogen-bond donors (Lipinski definition) is 2. The van der Waals surface area contributed by atoms with E-state index in [-0.39, 0.29) is 5.82 Å². The van der Waals surface area contributed by atoms with Crippen LogP contribution in [0.15, 0.2) is 36.4 Å². The maximum Gasteiger partial charge on any atom is 0.131 e. The van der Waals surface area contributed by atoms with Crippen LogP contribution in [-0.4, -0.2) is 23.1 Å². The molecule has 1 aromatic heterocycles. The predicted octanol–water partition coefficient (Wildman–Crippen LogP) is 3.75. The van der Waals surface area contributed by atoms with Crippen LogP contribution in [0.1, 0.15) is 23.7 Å². The van der Waals surface area contributed by atoms with Gasteiger partial charge in [0.15, 0.2) is 0 Å². The number of H-pyrrole nitrogens is 1. The number of benzene rings is 2. The van der Waals surface area contributed by atoms with E-state index in [1.165, 1.54) is 6.07 Å². The van der Waals surface area contributed by atoms with Gasteiger partial charge < -0.3 is 10.3 Å². The molecule has 4 heteroatoms. The Morgan fingerprint density at radius 3 is 2.91 bits per heavy atom. The molecule has 1 saturated heterocycles. The van der Waals surface area contributed by atoms with Crippen LogP contribution < -0.4 is 5.32 Å². The van der Waals surface area contributed by atoms with Crippen molar-refractivity contribution in [2.75, 3.05) is 13.1 Å². The number of imidazole rings is 1. The van der Waals surface area contributed by atoms with Crippen molar-refractivity contribution in [1.82, 2.24) is 15.3 Å². The predicted molar refractivity (Wildman–Crippen MR) is 86.5 cm³/mol. The van der Waals surface area contributed by atoms with Gasteiger partial charge in [0, 0.05) is 18.0 Å². The van der Waals surface area contributed by atoms with E-state index >= 15 is 0 Å². The van der Waals surface area contributed by atoms with Crippen LogP contribution in [0.4, 0.5) is 4.39 Å². The Morgan fingerprint density at radius 2 is 2.09 bits per heavy atom. The van der Waals surface area contributed by atoms with Crippen molar-refractivity contribution in [1.29, 1.82) is 0 Å². The fourth-order valence-corrected chi connectivity index (χ4v) is 3.14. The highest BCUT2D eigenvalue weighted by atomic mass is 19.1. The summed E-state index contributed by atoms with van der Waals surface area (Å²) in [5.41, 5.74) is 4.49. The number of nitrogens with one attached hydrogen (secondary N) is 2. The molecule has 4 rings (SSSR count). The molecule has 3 aromatic rings. The Hall–Kier alpha value is -2.20. The summed E-state index contributed by atoms with van der Waals surface area (Å²) in [4.78, 5) is 8.09. The molecule has 2 N–H and O–H groups in total. The van der Waals surface area contributed by atoms with E-state index in [0.717, 1.165) is 47.5 Å². The van der Waals surface area contributed by atoms with Gasteiger partial charge in [-0.05, 0) is 49.7 Å². The van der Waals surface area contributed by atoms with Gasteiger partial charge in [-0.15, -0.1) is 0 Å². The maximum atomic E-state index is 14.1. The molecule has 3 nitrogen and oxygen atoms in total. The van der Waals surface area contributed by atoms with Crippen LogP contribution in [0.5, 0.6) is 0 Å². The van der Waals surface area contributed by atoms with Crippen molar-refractivity contribution in [3.05, 3.63) is 53.6 Å². The largest absolute Gasteiger partial charge is 0.342 e. The van der Waals surface area contributed by atoms with Crippen LogP contribution >= 0.6 is 0 Å². The second-order valence-electron chi connectivity index (χ2n) is 6.03. The van der Waals surface area contributed by atoms with E-state index in [4.69, 9.17) is 0 Å². The molecule has 2 aromatic carbocycles. The summed E-state index contributed by atoms with van der Waals surface area (Å²) in [7, 11) is 0. The van der Waals surface area contributed by atoms with Crippen molar-refractivity contribution in [2.24, 2.45) is 0 Å². The van der Waals surface area contributed by atoms with Crippen molar-refractivity contribution < 1.29 is 4.39 Å². The zero-order chi connectivity index (χ0) is 15.1. The molecule has 1 unspecified atom stereocenters. The van der Waals surface area contributed by atoms with Crippen LogP contribution in [0, 0.1) is 12.7 Å². The summed E-state index contributed by atoms with van der Waals surface area (Å²) >= 11 is 0. The zero-order valence-electron chi connectivity index (χ0n) is 12.5. The number of halogens is 1. The van der Waals surface area contributed by atoms with E-state index in [9.17, 15) is 4.39 Å². The van der Waals surface area contributed by atoms with Gasteiger partial charge in [-0.1, -0.05) is 17.7 Å². The van der Waals surface area contributed by atoms with Crippen molar-refractivity contribution in [2.45, 2.75) is 19.3 Å². The minimum Gasteiger partial charge on any atom is -0.342 e. The number of nitrogens with zero attached hydrogens (tertiary/aromatic N) is 1. The van der Waals surface area contributed by atoms with E-state index in [1.54, 1.807) is 6.07 Å². The van der Waals surface area contributed by atoms with Gasteiger partial charge in [0.1, 0.15) is 11.6 Å². The molecular weight excluding hydrogens is 277 g/mol. The average Bonchev–Trinajstić information content (AvgIpc) is 3.17. The smallest absolute Gasteiger partial charge is 0.131 e. The van der Waals surface area contributed by atoms with E-state index < -0.39 is 0 Å². The molecule has 1 aliphatic rings. The second-order valence-corrected chi connectivity index (χ2v) is 6.03. The SMILES string of the molecule is Cc1ccc(F)c(-c2ccc3nc(C4CCNC4)[nH]c3c2)c1. The molecule has 0 radical (unpaired) electrons. The fraction of sp³-hybridized carbons (Fsp3) is 0.278. The third-order valence-corrected chi connectivity index (χ3v) is 4.38. The van der Waals surface area contributed by atoms with E-state index in [0.29, 0.717) is 11.5 Å². The third kappa shape index (κ3) is 2.29.